The van der Waals surface area contributed by atoms with Crippen LogP contribution in [0.1, 0.15) is 19.8 Å². The first-order chi connectivity index (χ1) is 9.63. The Bertz CT molecular complexity index is 527. The van der Waals surface area contributed by atoms with Crippen LogP contribution in [0.3, 0.4) is 0 Å². The van der Waals surface area contributed by atoms with Crippen LogP contribution >= 0.6 is 0 Å². The van der Waals surface area contributed by atoms with Gasteiger partial charge in [-0.1, -0.05) is 0 Å². The van der Waals surface area contributed by atoms with E-state index in [-0.39, 0.29) is 4.90 Å². The third-order valence-corrected chi connectivity index (χ3v) is 4.80. The Labute approximate surface area is 120 Å². The Morgan fingerprint density at radius 1 is 1.50 bits per heavy atom. The molecule has 2 N–H and O–H groups in total. The first kappa shape index (κ1) is 15.2. The molecule has 6 nitrogen and oxygen atoms in total. The van der Waals surface area contributed by atoms with Gasteiger partial charge in [-0.15, -0.1) is 0 Å². The summed E-state index contributed by atoms with van der Waals surface area (Å²) in [5.41, 5.74) is 0.583. The van der Waals surface area contributed by atoms with E-state index in [1.165, 1.54) is 6.20 Å². The molecule has 1 aromatic rings. The van der Waals surface area contributed by atoms with E-state index in [9.17, 15) is 8.42 Å². The summed E-state index contributed by atoms with van der Waals surface area (Å²) in [4.78, 5) is 4.10. The van der Waals surface area contributed by atoms with Gasteiger partial charge in [0.2, 0.25) is 10.0 Å². The molecule has 0 radical (unpaired) electrons. The fourth-order valence-electron chi connectivity index (χ4n) is 2.22. The Balaban J connectivity index is 1.98. The Morgan fingerprint density at radius 3 is 3.05 bits per heavy atom. The molecule has 7 heteroatoms. The van der Waals surface area contributed by atoms with Gasteiger partial charge in [0, 0.05) is 38.7 Å². The van der Waals surface area contributed by atoms with Gasteiger partial charge in [-0.3, -0.25) is 4.98 Å². The Kier molecular flexibility index (Phi) is 5.33. The van der Waals surface area contributed by atoms with E-state index in [2.05, 4.69) is 15.0 Å². The first-order valence-corrected chi connectivity index (χ1v) is 8.37. The van der Waals surface area contributed by atoms with Crippen LogP contribution in [0.15, 0.2) is 23.4 Å². The minimum atomic E-state index is -3.52. The summed E-state index contributed by atoms with van der Waals surface area (Å²) in [5, 5.41) is 3.03. The number of anilines is 1. The average molecular weight is 299 g/mol. The summed E-state index contributed by atoms with van der Waals surface area (Å²) in [6, 6.07) is 1.67. The van der Waals surface area contributed by atoms with Crippen LogP contribution in [-0.2, 0) is 14.8 Å². The zero-order chi connectivity index (χ0) is 14.4. The summed E-state index contributed by atoms with van der Waals surface area (Å²) < 4.78 is 32.5. The van der Waals surface area contributed by atoms with Gasteiger partial charge in [0.05, 0.1) is 5.69 Å². The zero-order valence-corrected chi connectivity index (χ0v) is 12.4. The third-order valence-electron chi connectivity index (χ3n) is 3.31. The summed E-state index contributed by atoms with van der Waals surface area (Å²) in [6.45, 7) is 4.52. The van der Waals surface area contributed by atoms with E-state index in [1.807, 2.05) is 6.92 Å². The molecule has 0 amide bonds. The predicted octanol–water partition coefficient (Wildman–Crippen LogP) is 1.22. The van der Waals surface area contributed by atoms with E-state index in [4.69, 9.17) is 4.74 Å². The quantitative estimate of drug-likeness (QED) is 0.791. The number of sulfonamides is 1. The van der Waals surface area contributed by atoms with Crippen LogP contribution in [0.25, 0.3) is 0 Å². The molecule has 0 aliphatic carbocycles. The van der Waals surface area contributed by atoms with Crippen LogP contribution in [0.2, 0.25) is 0 Å². The standard InChI is InChI=1S/C13H21N3O3S/c1-2-15-12-4-6-14-9-13(12)20(17,18)16-7-3-11-5-8-19-10-11/h4,6,9,11,16H,2-3,5,7-8,10H2,1H3,(H,14,15). The number of hydrogen-bond donors (Lipinski definition) is 2. The predicted molar refractivity (Wildman–Crippen MR) is 77.1 cm³/mol. The lowest BCUT2D eigenvalue weighted by Gasteiger charge is -2.12. The summed E-state index contributed by atoms with van der Waals surface area (Å²) in [5.74, 6) is 0.458. The van der Waals surface area contributed by atoms with Gasteiger partial charge < -0.3 is 10.1 Å². The SMILES string of the molecule is CCNc1ccncc1S(=O)(=O)NCCC1CCOC1. The lowest BCUT2D eigenvalue weighted by molar-refractivity contribution is 0.184. The first-order valence-electron chi connectivity index (χ1n) is 6.88. The number of hydrogen-bond acceptors (Lipinski definition) is 5. The van der Waals surface area contributed by atoms with Crippen LogP contribution in [0.5, 0.6) is 0 Å². The van der Waals surface area contributed by atoms with E-state index >= 15 is 0 Å². The summed E-state index contributed by atoms with van der Waals surface area (Å²) in [6.07, 6.45) is 4.76. The highest BCUT2D eigenvalue weighted by Crippen LogP contribution is 2.20. The fraction of sp³-hybridized carbons (Fsp3) is 0.615. The molecule has 0 bridgehead atoms. The number of nitrogens with zero attached hydrogens (tertiary/aromatic N) is 1. The van der Waals surface area contributed by atoms with Gasteiger partial charge in [-0.25, -0.2) is 13.1 Å². The average Bonchev–Trinajstić information content (AvgIpc) is 2.92. The lowest BCUT2D eigenvalue weighted by atomic mass is 10.1. The van der Waals surface area contributed by atoms with Crippen molar-refractivity contribution in [3.8, 4) is 0 Å². The van der Waals surface area contributed by atoms with Crippen LogP contribution in [0, 0.1) is 5.92 Å². The van der Waals surface area contributed by atoms with Crippen molar-refractivity contribution in [1.29, 1.82) is 0 Å². The van der Waals surface area contributed by atoms with Crippen molar-refractivity contribution in [2.75, 3.05) is 31.6 Å². The maximum Gasteiger partial charge on any atom is 0.244 e. The van der Waals surface area contributed by atoms with Crippen LogP contribution < -0.4 is 10.0 Å². The van der Waals surface area contributed by atoms with Crippen molar-refractivity contribution >= 4 is 15.7 Å². The highest BCUT2D eigenvalue weighted by Gasteiger charge is 2.20. The van der Waals surface area contributed by atoms with Crippen LogP contribution in [0.4, 0.5) is 5.69 Å². The maximum atomic E-state index is 12.3. The largest absolute Gasteiger partial charge is 0.384 e. The Hall–Kier alpha value is -1.18. The second-order valence-corrected chi connectivity index (χ2v) is 6.55. The van der Waals surface area contributed by atoms with Crippen molar-refractivity contribution in [2.24, 2.45) is 5.92 Å². The normalized spacial score (nSPS) is 19.1. The van der Waals surface area contributed by atoms with Gasteiger partial charge in [-0.05, 0) is 31.7 Å². The van der Waals surface area contributed by atoms with Gasteiger partial charge in [0.1, 0.15) is 4.90 Å². The molecule has 1 aromatic heterocycles. The van der Waals surface area contributed by atoms with Crippen molar-refractivity contribution < 1.29 is 13.2 Å². The maximum absolute atomic E-state index is 12.3. The second kappa shape index (κ2) is 7.01. The van der Waals surface area contributed by atoms with Crippen molar-refractivity contribution in [3.63, 3.8) is 0 Å². The molecule has 1 atom stereocenters. The molecular formula is C13H21N3O3S. The molecule has 1 fully saturated rings. The summed E-state index contributed by atoms with van der Waals surface area (Å²) >= 11 is 0. The molecule has 2 heterocycles. The topological polar surface area (TPSA) is 80.3 Å². The third kappa shape index (κ3) is 3.91. The molecule has 1 saturated heterocycles. The van der Waals surface area contributed by atoms with E-state index in [1.54, 1.807) is 12.3 Å². The van der Waals surface area contributed by atoms with E-state index in [0.29, 0.717) is 24.7 Å². The molecule has 1 unspecified atom stereocenters. The number of aromatic nitrogens is 1. The minimum absolute atomic E-state index is 0.199. The monoisotopic (exact) mass is 299 g/mol. The molecule has 112 valence electrons. The number of rotatable bonds is 7. The molecule has 1 aliphatic rings. The number of pyridine rings is 1. The lowest BCUT2D eigenvalue weighted by Crippen LogP contribution is -2.27. The van der Waals surface area contributed by atoms with Gasteiger partial charge >= 0.3 is 0 Å². The molecule has 20 heavy (non-hydrogen) atoms. The van der Waals surface area contributed by atoms with Crippen molar-refractivity contribution in [3.05, 3.63) is 18.5 Å². The zero-order valence-electron chi connectivity index (χ0n) is 11.6. The van der Waals surface area contributed by atoms with E-state index in [0.717, 1.165) is 26.1 Å². The van der Waals surface area contributed by atoms with Crippen molar-refractivity contribution in [1.82, 2.24) is 9.71 Å². The minimum Gasteiger partial charge on any atom is -0.384 e. The van der Waals surface area contributed by atoms with Crippen LogP contribution in [-0.4, -0.2) is 39.7 Å². The number of nitrogens with one attached hydrogen (secondary N) is 2. The fourth-order valence-corrected chi connectivity index (χ4v) is 3.39. The molecule has 0 spiro atoms. The van der Waals surface area contributed by atoms with Crippen molar-refractivity contribution in [2.45, 2.75) is 24.7 Å². The highest BCUT2D eigenvalue weighted by atomic mass is 32.2. The molecule has 1 aliphatic heterocycles. The van der Waals surface area contributed by atoms with Gasteiger partial charge in [0.25, 0.3) is 0 Å². The second-order valence-electron chi connectivity index (χ2n) is 4.82. The Morgan fingerprint density at radius 2 is 2.35 bits per heavy atom. The molecule has 2 rings (SSSR count). The molecular weight excluding hydrogens is 278 g/mol. The van der Waals surface area contributed by atoms with Gasteiger partial charge in [0.15, 0.2) is 0 Å². The summed E-state index contributed by atoms with van der Waals surface area (Å²) in [7, 11) is -3.52. The molecule has 0 saturated carbocycles. The smallest absolute Gasteiger partial charge is 0.244 e. The van der Waals surface area contributed by atoms with E-state index < -0.39 is 10.0 Å². The van der Waals surface area contributed by atoms with Gasteiger partial charge in [-0.2, -0.15) is 0 Å². The highest BCUT2D eigenvalue weighted by molar-refractivity contribution is 7.89. The molecule has 0 aromatic carbocycles. The number of ether oxygens (including phenoxy) is 1.